The first-order valence-electron chi connectivity index (χ1n) is 6.10. The molecule has 0 unspecified atom stereocenters. The van der Waals surface area contributed by atoms with Gasteiger partial charge in [0.25, 0.3) is 0 Å². The second-order valence-electron chi connectivity index (χ2n) is 4.24. The Kier molecular flexibility index (Phi) is 3.05. The first-order valence-corrected chi connectivity index (χ1v) is 6.10. The van der Waals surface area contributed by atoms with Gasteiger partial charge in [0.15, 0.2) is 0 Å². The molecule has 0 spiro atoms. The van der Waals surface area contributed by atoms with Crippen LogP contribution in [0, 0.1) is 0 Å². The summed E-state index contributed by atoms with van der Waals surface area (Å²) in [5.74, 6) is -0.223. The lowest BCUT2D eigenvalue weighted by Gasteiger charge is -2.04. The molecule has 98 valence electrons. The molecule has 0 aliphatic carbocycles. The maximum absolute atomic E-state index is 12.1. The fourth-order valence-electron chi connectivity index (χ4n) is 1.96. The Labute approximate surface area is 115 Å². The summed E-state index contributed by atoms with van der Waals surface area (Å²) < 4.78 is 5.20. The van der Waals surface area contributed by atoms with E-state index in [4.69, 9.17) is 4.42 Å². The van der Waals surface area contributed by atoms with Gasteiger partial charge in [-0.1, -0.05) is 48.5 Å². The third-order valence-corrected chi connectivity index (χ3v) is 2.91. The van der Waals surface area contributed by atoms with E-state index in [1.165, 1.54) is 0 Å². The van der Waals surface area contributed by atoms with Crippen molar-refractivity contribution in [3.8, 4) is 28.5 Å². The third-order valence-electron chi connectivity index (χ3n) is 2.91. The van der Waals surface area contributed by atoms with Gasteiger partial charge in [0.05, 0.1) is 0 Å². The van der Waals surface area contributed by atoms with Gasteiger partial charge in [0.2, 0.25) is 11.8 Å². The summed E-state index contributed by atoms with van der Waals surface area (Å²) in [6.45, 7) is 0. The number of rotatable bonds is 2. The Morgan fingerprint density at radius 1 is 0.850 bits per heavy atom. The molecule has 3 aromatic rings. The summed E-state index contributed by atoms with van der Waals surface area (Å²) in [6, 6.07) is 17.8. The van der Waals surface area contributed by atoms with Crippen molar-refractivity contribution in [2.45, 2.75) is 0 Å². The molecular weight excluding hydrogens is 254 g/mol. The predicted octanol–water partition coefficient (Wildman–Crippen LogP) is 3.07. The van der Waals surface area contributed by atoms with E-state index < -0.39 is 5.63 Å². The van der Waals surface area contributed by atoms with Crippen molar-refractivity contribution in [1.82, 2.24) is 4.98 Å². The quantitative estimate of drug-likeness (QED) is 0.773. The summed E-state index contributed by atoms with van der Waals surface area (Å²) in [4.78, 5) is 16.0. The van der Waals surface area contributed by atoms with E-state index in [9.17, 15) is 9.90 Å². The van der Waals surface area contributed by atoms with E-state index >= 15 is 0 Å². The van der Waals surface area contributed by atoms with Crippen molar-refractivity contribution in [1.29, 1.82) is 0 Å². The topological polar surface area (TPSA) is 63.3 Å². The lowest BCUT2D eigenvalue weighted by Crippen LogP contribution is -2.06. The summed E-state index contributed by atoms with van der Waals surface area (Å²) in [6.07, 6.45) is 0. The molecule has 0 bridgehead atoms. The number of benzene rings is 2. The molecule has 3 rings (SSSR count). The molecule has 0 saturated heterocycles. The van der Waals surface area contributed by atoms with Gasteiger partial charge >= 0.3 is 5.63 Å². The van der Waals surface area contributed by atoms with Crippen LogP contribution in [0.4, 0.5) is 0 Å². The number of aromatic nitrogens is 1. The molecule has 0 atom stereocenters. The summed E-state index contributed by atoms with van der Waals surface area (Å²) in [5, 5.41) is 10.0. The van der Waals surface area contributed by atoms with E-state index in [0.29, 0.717) is 11.1 Å². The molecule has 2 aromatic carbocycles. The van der Waals surface area contributed by atoms with Crippen LogP contribution in [-0.4, -0.2) is 10.1 Å². The van der Waals surface area contributed by atoms with Gasteiger partial charge in [0.1, 0.15) is 5.56 Å². The molecule has 20 heavy (non-hydrogen) atoms. The summed E-state index contributed by atoms with van der Waals surface area (Å²) in [5.41, 5.74) is 0.679. The van der Waals surface area contributed by atoms with Crippen molar-refractivity contribution < 1.29 is 9.52 Å². The van der Waals surface area contributed by atoms with Crippen LogP contribution >= 0.6 is 0 Å². The minimum Gasteiger partial charge on any atom is -0.493 e. The Morgan fingerprint density at radius 3 is 1.95 bits per heavy atom. The molecule has 1 N–H and O–H groups in total. The second-order valence-corrected chi connectivity index (χ2v) is 4.24. The zero-order valence-electron chi connectivity index (χ0n) is 10.5. The van der Waals surface area contributed by atoms with Gasteiger partial charge in [-0.05, 0) is 17.7 Å². The number of aromatic hydroxyl groups is 1. The highest BCUT2D eigenvalue weighted by Gasteiger charge is 2.15. The van der Waals surface area contributed by atoms with Gasteiger partial charge in [-0.25, -0.2) is 4.79 Å². The molecule has 1 aromatic heterocycles. The van der Waals surface area contributed by atoms with Crippen molar-refractivity contribution in [2.24, 2.45) is 0 Å². The van der Waals surface area contributed by atoms with Gasteiger partial charge in [0, 0.05) is 5.56 Å². The Balaban J connectivity index is 2.16. The Morgan fingerprint density at radius 2 is 1.40 bits per heavy atom. The lowest BCUT2D eigenvalue weighted by molar-refractivity contribution is 0.425. The van der Waals surface area contributed by atoms with Crippen LogP contribution in [0.25, 0.3) is 22.6 Å². The Hall–Kier alpha value is -2.88. The smallest absolute Gasteiger partial charge is 0.351 e. The molecule has 0 fully saturated rings. The van der Waals surface area contributed by atoms with Crippen molar-refractivity contribution in [2.75, 3.05) is 0 Å². The SMILES string of the molecule is O=c1oc(-c2ccccc2)nc(O)c1-c1ccccc1. The van der Waals surface area contributed by atoms with Gasteiger partial charge in [-0.2, -0.15) is 4.98 Å². The van der Waals surface area contributed by atoms with Crippen LogP contribution in [0.5, 0.6) is 5.88 Å². The van der Waals surface area contributed by atoms with E-state index in [-0.39, 0.29) is 17.3 Å². The van der Waals surface area contributed by atoms with Crippen LogP contribution in [0.3, 0.4) is 0 Å². The predicted molar refractivity (Wildman–Crippen MR) is 75.3 cm³/mol. The van der Waals surface area contributed by atoms with E-state index in [0.717, 1.165) is 0 Å². The molecular formula is C16H11NO3. The minimum atomic E-state index is -0.609. The largest absolute Gasteiger partial charge is 0.493 e. The van der Waals surface area contributed by atoms with E-state index in [1.54, 1.807) is 48.5 Å². The fourth-order valence-corrected chi connectivity index (χ4v) is 1.96. The summed E-state index contributed by atoms with van der Waals surface area (Å²) in [7, 11) is 0. The lowest BCUT2D eigenvalue weighted by atomic mass is 10.1. The monoisotopic (exact) mass is 265 g/mol. The first kappa shape index (κ1) is 12.2. The highest BCUT2D eigenvalue weighted by Crippen LogP contribution is 2.26. The van der Waals surface area contributed by atoms with E-state index in [1.807, 2.05) is 12.1 Å². The average molecular weight is 265 g/mol. The molecule has 0 radical (unpaired) electrons. The number of nitrogens with zero attached hydrogens (tertiary/aromatic N) is 1. The third kappa shape index (κ3) is 2.19. The van der Waals surface area contributed by atoms with Crippen molar-refractivity contribution in [3.05, 3.63) is 71.1 Å². The van der Waals surface area contributed by atoms with Crippen molar-refractivity contribution >= 4 is 0 Å². The second kappa shape index (κ2) is 5.01. The normalized spacial score (nSPS) is 10.4. The van der Waals surface area contributed by atoms with Gasteiger partial charge < -0.3 is 9.52 Å². The molecule has 0 aliphatic heterocycles. The minimum absolute atomic E-state index is 0.0743. The maximum Gasteiger partial charge on any atom is 0.351 e. The van der Waals surface area contributed by atoms with Gasteiger partial charge in [-0.15, -0.1) is 0 Å². The molecule has 4 heteroatoms. The maximum atomic E-state index is 12.1. The van der Waals surface area contributed by atoms with Crippen LogP contribution < -0.4 is 5.63 Å². The van der Waals surface area contributed by atoms with Crippen molar-refractivity contribution in [3.63, 3.8) is 0 Å². The molecule has 0 aliphatic rings. The molecule has 0 amide bonds. The average Bonchev–Trinajstić information content (AvgIpc) is 2.48. The van der Waals surface area contributed by atoms with E-state index in [2.05, 4.69) is 4.98 Å². The molecule has 1 heterocycles. The standard InChI is InChI=1S/C16H11NO3/c18-14-13(11-7-3-1-4-8-11)16(19)20-15(17-14)12-9-5-2-6-10-12/h1-10,18H. The highest BCUT2D eigenvalue weighted by molar-refractivity contribution is 5.68. The van der Waals surface area contributed by atoms with Crippen LogP contribution in [0.1, 0.15) is 0 Å². The Bertz CT molecular complexity index is 780. The van der Waals surface area contributed by atoms with Gasteiger partial charge in [-0.3, -0.25) is 0 Å². The zero-order chi connectivity index (χ0) is 13.9. The zero-order valence-corrected chi connectivity index (χ0v) is 10.5. The van der Waals surface area contributed by atoms with Crippen LogP contribution in [0.2, 0.25) is 0 Å². The first-order chi connectivity index (χ1) is 9.75. The summed E-state index contributed by atoms with van der Waals surface area (Å²) >= 11 is 0. The fraction of sp³-hybridized carbons (Fsp3) is 0. The molecule has 4 nitrogen and oxygen atoms in total. The number of hydrogen-bond donors (Lipinski definition) is 1. The number of hydrogen-bond acceptors (Lipinski definition) is 4. The van der Waals surface area contributed by atoms with Crippen LogP contribution in [0.15, 0.2) is 69.9 Å². The highest BCUT2D eigenvalue weighted by atomic mass is 16.4. The molecule has 0 saturated carbocycles. The van der Waals surface area contributed by atoms with Crippen LogP contribution in [-0.2, 0) is 0 Å².